The SMILES string of the molecule is NCCOCC(=O)N(CC1CCCO1)CC1CCCO1. The molecule has 2 heterocycles. The molecule has 0 spiro atoms. The molecule has 0 aromatic rings. The monoisotopic (exact) mass is 286 g/mol. The van der Waals surface area contributed by atoms with Crippen LogP contribution < -0.4 is 5.73 Å². The molecule has 1 amide bonds. The number of carbonyl (C=O) groups excluding carboxylic acids is 1. The van der Waals surface area contributed by atoms with E-state index in [1.807, 2.05) is 4.90 Å². The molecule has 2 unspecified atom stereocenters. The third-order valence-electron chi connectivity index (χ3n) is 3.74. The van der Waals surface area contributed by atoms with E-state index in [4.69, 9.17) is 19.9 Å². The van der Waals surface area contributed by atoms with Gasteiger partial charge in [-0.2, -0.15) is 0 Å². The van der Waals surface area contributed by atoms with Gasteiger partial charge in [0.05, 0.1) is 18.8 Å². The summed E-state index contributed by atoms with van der Waals surface area (Å²) >= 11 is 0. The molecular formula is C14H26N2O4. The second-order valence-electron chi connectivity index (χ2n) is 5.41. The van der Waals surface area contributed by atoms with Crippen LogP contribution in [-0.4, -0.2) is 69.1 Å². The predicted molar refractivity (Wildman–Crippen MR) is 74.4 cm³/mol. The van der Waals surface area contributed by atoms with Gasteiger partial charge in [0, 0.05) is 32.8 Å². The largest absolute Gasteiger partial charge is 0.376 e. The van der Waals surface area contributed by atoms with Crippen LogP contribution in [0.5, 0.6) is 0 Å². The number of rotatable bonds is 8. The van der Waals surface area contributed by atoms with Crippen LogP contribution in [0.2, 0.25) is 0 Å². The van der Waals surface area contributed by atoms with Crippen molar-refractivity contribution in [2.75, 3.05) is 46.1 Å². The summed E-state index contributed by atoms with van der Waals surface area (Å²) in [6, 6.07) is 0. The molecule has 20 heavy (non-hydrogen) atoms. The van der Waals surface area contributed by atoms with Gasteiger partial charge in [-0.25, -0.2) is 0 Å². The molecule has 6 heteroatoms. The van der Waals surface area contributed by atoms with E-state index in [0.29, 0.717) is 26.2 Å². The van der Waals surface area contributed by atoms with Crippen molar-refractivity contribution in [3.05, 3.63) is 0 Å². The summed E-state index contributed by atoms with van der Waals surface area (Å²) in [5, 5.41) is 0. The first kappa shape index (κ1) is 15.7. The van der Waals surface area contributed by atoms with Gasteiger partial charge in [-0.15, -0.1) is 0 Å². The smallest absolute Gasteiger partial charge is 0.248 e. The highest BCUT2D eigenvalue weighted by molar-refractivity contribution is 5.77. The summed E-state index contributed by atoms with van der Waals surface area (Å²) in [7, 11) is 0. The van der Waals surface area contributed by atoms with Gasteiger partial charge in [-0.05, 0) is 25.7 Å². The summed E-state index contributed by atoms with van der Waals surface area (Å²) in [6.07, 6.45) is 4.54. The molecule has 0 aromatic heterocycles. The van der Waals surface area contributed by atoms with Gasteiger partial charge in [-0.1, -0.05) is 0 Å². The van der Waals surface area contributed by atoms with E-state index in [9.17, 15) is 4.79 Å². The quantitative estimate of drug-likeness (QED) is 0.643. The van der Waals surface area contributed by atoms with Crippen LogP contribution in [0, 0.1) is 0 Å². The fourth-order valence-corrected chi connectivity index (χ4v) is 2.68. The molecule has 0 radical (unpaired) electrons. The van der Waals surface area contributed by atoms with E-state index >= 15 is 0 Å². The molecule has 0 bridgehead atoms. The zero-order valence-corrected chi connectivity index (χ0v) is 12.1. The van der Waals surface area contributed by atoms with E-state index in [2.05, 4.69) is 0 Å². The van der Waals surface area contributed by atoms with E-state index < -0.39 is 0 Å². The normalized spacial score (nSPS) is 26.1. The van der Waals surface area contributed by atoms with Gasteiger partial charge in [-0.3, -0.25) is 4.79 Å². The minimum Gasteiger partial charge on any atom is -0.376 e. The standard InChI is InChI=1S/C14H26N2O4/c15-5-8-18-11-14(17)16(9-12-3-1-6-19-12)10-13-4-2-7-20-13/h12-13H,1-11,15H2. The van der Waals surface area contributed by atoms with Crippen molar-refractivity contribution < 1.29 is 19.0 Å². The number of nitrogens with two attached hydrogens (primary N) is 1. The Labute approximate surface area is 120 Å². The van der Waals surface area contributed by atoms with Crippen molar-refractivity contribution in [2.45, 2.75) is 37.9 Å². The lowest BCUT2D eigenvalue weighted by molar-refractivity contribution is -0.139. The van der Waals surface area contributed by atoms with Gasteiger partial charge in [0.25, 0.3) is 0 Å². The zero-order valence-electron chi connectivity index (χ0n) is 12.1. The lowest BCUT2D eigenvalue weighted by atomic mass is 10.2. The van der Waals surface area contributed by atoms with Gasteiger partial charge in [0.1, 0.15) is 6.61 Å². The molecule has 2 fully saturated rings. The van der Waals surface area contributed by atoms with Crippen LogP contribution >= 0.6 is 0 Å². The Morgan fingerprint density at radius 1 is 1.15 bits per heavy atom. The van der Waals surface area contributed by atoms with Gasteiger partial charge in [0.2, 0.25) is 5.91 Å². The van der Waals surface area contributed by atoms with Crippen LogP contribution in [-0.2, 0) is 19.0 Å². The maximum atomic E-state index is 12.2. The minimum atomic E-state index is 0.00412. The van der Waals surface area contributed by atoms with E-state index in [1.165, 1.54) is 0 Å². The molecule has 0 aliphatic carbocycles. The summed E-state index contributed by atoms with van der Waals surface area (Å²) in [5.41, 5.74) is 5.37. The summed E-state index contributed by atoms with van der Waals surface area (Å²) in [5.74, 6) is 0.00412. The zero-order chi connectivity index (χ0) is 14.2. The van der Waals surface area contributed by atoms with E-state index in [1.54, 1.807) is 0 Å². The summed E-state index contributed by atoms with van der Waals surface area (Å²) < 4.78 is 16.5. The highest BCUT2D eigenvalue weighted by Gasteiger charge is 2.26. The van der Waals surface area contributed by atoms with E-state index in [0.717, 1.165) is 38.9 Å². The summed E-state index contributed by atoms with van der Waals surface area (Å²) in [6.45, 7) is 3.84. The molecule has 6 nitrogen and oxygen atoms in total. The van der Waals surface area contributed by atoms with Crippen LogP contribution in [0.1, 0.15) is 25.7 Å². The van der Waals surface area contributed by atoms with Crippen molar-refractivity contribution >= 4 is 5.91 Å². The molecule has 2 atom stereocenters. The Morgan fingerprint density at radius 3 is 2.20 bits per heavy atom. The Morgan fingerprint density at radius 2 is 1.75 bits per heavy atom. The molecular weight excluding hydrogens is 260 g/mol. The molecule has 2 N–H and O–H groups in total. The number of hydrogen-bond acceptors (Lipinski definition) is 5. The van der Waals surface area contributed by atoms with Gasteiger partial charge >= 0.3 is 0 Å². The van der Waals surface area contributed by atoms with Crippen molar-refractivity contribution in [3.8, 4) is 0 Å². The molecule has 116 valence electrons. The first-order valence-corrected chi connectivity index (χ1v) is 7.58. The van der Waals surface area contributed by atoms with E-state index in [-0.39, 0.29) is 24.7 Å². The lowest BCUT2D eigenvalue weighted by Gasteiger charge is -2.27. The van der Waals surface area contributed by atoms with Crippen molar-refractivity contribution in [2.24, 2.45) is 5.73 Å². The molecule has 2 saturated heterocycles. The predicted octanol–water partition coefficient (Wildman–Crippen LogP) is 0.148. The number of amides is 1. The average Bonchev–Trinajstić information content (AvgIpc) is 3.11. The van der Waals surface area contributed by atoms with Gasteiger partial charge < -0.3 is 24.8 Å². The number of nitrogens with zero attached hydrogens (tertiary/aromatic N) is 1. The fraction of sp³-hybridized carbons (Fsp3) is 0.929. The van der Waals surface area contributed by atoms with Crippen LogP contribution in [0.4, 0.5) is 0 Å². The molecule has 0 aromatic carbocycles. The number of carbonyl (C=O) groups is 1. The Kier molecular flexibility index (Phi) is 6.72. The maximum Gasteiger partial charge on any atom is 0.248 e. The Bertz CT molecular complexity index is 271. The second kappa shape index (κ2) is 8.56. The first-order valence-electron chi connectivity index (χ1n) is 7.58. The molecule has 2 rings (SSSR count). The molecule has 0 saturated carbocycles. The molecule has 2 aliphatic rings. The van der Waals surface area contributed by atoms with Gasteiger partial charge in [0.15, 0.2) is 0 Å². The van der Waals surface area contributed by atoms with Crippen LogP contribution in [0.3, 0.4) is 0 Å². The van der Waals surface area contributed by atoms with Crippen molar-refractivity contribution in [1.82, 2.24) is 4.90 Å². The number of hydrogen-bond donors (Lipinski definition) is 1. The van der Waals surface area contributed by atoms with Crippen molar-refractivity contribution in [1.29, 1.82) is 0 Å². The third kappa shape index (κ3) is 5.01. The lowest BCUT2D eigenvalue weighted by Crippen LogP contribution is -2.43. The van der Waals surface area contributed by atoms with Crippen LogP contribution in [0.25, 0.3) is 0 Å². The minimum absolute atomic E-state index is 0.00412. The van der Waals surface area contributed by atoms with Crippen molar-refractivity contribution in [3.63, 3.8) is 0 Å². The molecule has 2 aliphatic heterocycles. The second-order valence-corrected chi connectivity index (χ2v) is 5.41. The Hall–Kier alpha value is -0.690. The summed E-state index contributed by atoms with van der Waals surface area (Å²) in [4.78, 5) is 14.1. The third-order valence-corrected chi connectivity index (χ3v) is 3.74. The highest BCUT2D eigenvalue weighted by Crippen LogP contribution is 2.17. The average molecular weight is 286 g/mol. The number of ether oxygens (including phenoxy) is 3. The maximum absolute atomic E-state index is 12.2. The highest BCUT2D eigenvalue weighted by atomic mass is 16.5. The Balaban J connectivity index is 1.82. The first-order chi connectivity index (χ1) is 9.79. The van der Waals surface area contributed by atoms with Crippen LogP contribution in [0.15, 0.2) is 0 Å². The topological polar surface area (TPSA) is 74.0 Å². The fourth-order valence-electron chi connectivity index (χ4n) is 2.68.